The van der Waals surface area contributed by atoms with Gasteiger partial charge in [0.25, 0.3) is 5.91 Å². The number of hydrogen-bond acceptors (Lipinski definition) is 5. The third kappa shape index (κ3) is 4.06. The van der Waals surface area contributed by atoms with Gasteiger partial charge in [-0.25, -0.2) is 4.98 Å². The van der Waals surface area contributed by atoms with E-state index in [9.17, 15) is 9.59 Å². The number of amides is 2. The second-order valence-corrected chi connectivity index (χ2v) is 3.18. The van der Waals surface area contributed by atoms with Crippen LogP contribution in [-0.4, -0.2) is 41.9 Å². The van der Waals surface area contributed by atoms with Gasteiger partial charge in [-0.2, -0.15) is 0 Å². The van der Waals surface area contributed by atoms with Crippen molar-refractivity contribution in [2.24, 2.45) is 0 Å². The molecule has 0 bridgehead atoms. The summed E-state index contributed by atoms with van der Waals surface area (Å²) in [6.07, 6.45) is 2.84. The second-order valence-electron chi connectivity index (χ2n) is 3.18. The summed E-state index contributed by atoms with van der Waals surface area (Å²) in [7, 11) is 1.68. The van der Waals surface area contributed by atoms with Crippen molar-refractivity contribution < 1.29 is 9.59 Å². The predicted molar refractivity (Wildman–Crippen MR) is 62.6 cm³/mol. The molecule has 0 atom stereocenters. The van der Waals surface area contributed by atoms with E-state index in [4.69, 9.17) is 0 Å². The first-order valence-electron chi connectivity index (χ1n) is 5.22. The number of aromatic nitrogens is 2. The molecular weight excluding hydrogens is 222 g/mol. The summed E-state index contributed by atoms with van der Waals surface area (Å²) < 4.78 is 0. The molecule has 1 rings (SSSR count). The van der Waals surface area contributed by atoms with Gasteiger partial charge in [-0.3, -0.25) is 14.6 Å². The Kier molecular flexibility index (Phi) is 4.86. The highest BCUT2D eigenvalue weighted by molar-refractivity contribution is 5.94. The van der Waals surface area contributed by atoms with E-state index in [1.54, 1.807) is 7.05 Å². The van der Waals surface area contributed by atoms with Crippen LogP contribution in [0.4, 0.5) is 5.82 Å². The van der Waals surface area contributed by atoms with E-state index in [2.05, 4.69) is 25.9 Å². The van der Waals surface area contributed by atoms with Crippen LogP contribution in [0.1, 0.15) is 17.4 Å². The van der Waals surface area contributed by atoms with Crippen LogP contribution in [0.25, 0.3) is 0 Å². The van der Waals surface area contributed by atoms with E-state index in [0.717, 1.165) is 0 Å². The number of rotatable bonds is 5. The number of nitrogens with one attached hydrogen (secondary N) is 3. The Morgan fingerprint density at radius 3 is 2.71 bits per heavy atom. The van der Waals surface area contributed by atoms with Crippen molar-refractivity contribution in [2.45, 2.75) is 6.92 Å². The van der Waals surface area contributed by atoms with Gasteiger partial charge in [0.05, 0.1) is 18.9 Å². The third-order valence-electron chi connectivity index (χ3n) is 1.91. The fourth-order valence-electron chi connectivity index (χ4n) is 1.11. The summed E-state index contributed by atoms with van der Waals surface area (Å²) in [5.74, 6) is -0.171. The maximum absolute atomic E-state index is 11.6. The van der Waals surface area contributed by atoms with Gasteiger partial charge in [0, 0.05) is 13.6 Å². The van der Waals surface area contributed by atoms with Gasteiger partial charge < -0.3 is 16.0 Å². The summed E-state index contributed by atoms with van der Waals surface area (Å²) in [4.78, 5) is 30.6. The molecule has 1 aromatic heterocycles. The smallest absolute Gasteiger partial charge is 0.272 e. The molecule has 17 heavy (non-hydrogen) atoms. The van der Waals surface area contributed by atoms with Gasteiger partial charge in [-0.05, 0) is 6.92 Å². The Morgan fingerprint density at radius 1 is 1.29 bits per heavy atom. The van der Waals surface area contributed by atoms with E-state index >= 15 is 0 Å². The lowest BCUT2D eigenvalue weighted by Crippen LogP contribution is -2.37. The van der Waals surface area contributed by atoms with Crippen molar-refractivity contribution in [1.29, 1.82) is 0 Å². The van der Waals surface area contributed by atoms with E-state index in [0.29, 0.717) is 12.4 Å². The molecule has 0 aliphatic rings. The van der Waals surface area contributed by atoms with E-state index in [1.807, 2.05) is 6.92 Å². The van der Waals surface area contributed by atoms with Gasteiger partial charge in [0.1, 0.15) is 11.5 Å². The van der Waals surface area contributed by atoms with Crippen LogP contribution in [0.5, 0.6) is 0 Å². The molecule has 1 aromatic rings. The molecular formula is C10H15N5O2. The highest BCUT2D eigenvalue weighted by Crippen LogP contribution is 2.00. The zero-order chi connectivity index (χ0) is 12.7. The second kappa shape index (κ2) is 6.41. The SMILES string of the molecule is CCNC(=O)CNC(=O)c1cncc(NC)n1. The first-order valence-corrected chi connectivity index (χ1v) is 5.22. The lowest BCUT2D eigenvalue weighted by atomic mass is 10.4. The van der Waals surface area contributed by atoms with Crippen LogP contribution < -0.4 is 16.0 Å². The van der Waals surface area contributed by atoms with Crippen molar-refractivity contribution in [2.75, 3.05) is 25.5 Å². The molecule has 0 saturated heterocycles. The number of carbonyl (C=O) groups excluding carboxylic acids is 2. The molecule has 3 N–H and O–H groups in total. The fraction of sp³-hybridized carbons (Fsp3) is 0.400. The molecule has 0 aliphatic carbocycles. The van der Waals surface area contributed by atoms with Crippen molar-refractivity contribution in [1.82, 2.24) is 20.6 Å². The standard InChI is InChI=1S/C10H15N5O2/c1-3-13-9(16)6-14-10(17)7-4-12-5-8(11-2)15-7/h4-5H,3,6H2,1-2H3,(H,11,15)(H,13,16)(H,14,17). The number of nitrogens with zero attached hydrogens (tertiary/aromatic N) is 2. The van der Waals surface area contributed by atoms with Gasteiger partial charge in [-0.15, -0.1) is 0 Å². The molecule has 0 saturated carbocycles. The summed E-state index contributed by atoms with van der Waals surface area (Å²) in [5, 5.41) is 7.80. The van der Waals surface area contributed by atoms with Crippen LogP contribution in [0.3, 0.4) is 0 Å². The average molecular weight is 237 g/mol. The first kappa shape index (κ1) is 12.9. The minimum absolute atomic E-state index is 0.0713. The summed E-state index contributed by atoms with van der Waals surface area (Å²) in [5.41, 5.74) is 0.168. The maximum atomic E-state index is 11.6. The summed E-state index contributed by atoms with van der Waals surface area (Å²) in [6.45, 7) is 2.27. The molecule has 92 valence electrons. The van der Waals surface area contributed by atoms with E-state index in [1.165, 1.54) is 12.4 Å². The molecule has 0 aromatic carbocycles. The molecule has 7 heteroatoms. The van der Waals surface area contributed by atoms with Crippen LogP contribution in [0, 0.1) is 0 Å². The molecule has 0 fully saturated rings. The minimum Gasteiger partial charge on any atom is -0.372 e. The van der Waals surface area contributed by atoms with Crippen molar-refractivity contribution in [3.63, 3.8) is 0 Å². The molecule has 7 nitrogen and oxygen atoms in total. The Bertz CT molecular complexity index is 407. The van der Waals surface area contributed by atoms with Crippen molar-refractivity contribution in [3.05, 3.63) is 18.1 Å². The van der Waals surface area contributed by atoms with Gasteiger partial charge in [0.15, 0.2) is 0 Å². The fourth-order valence-corrected chi connectivity index (χ4v) is 1.11. The molecule has 2 amide bonds. The highest BCUT2D eigenvalue weighted by atomic mass is 16.2. The van der Waals surface area contributed by atoms with Crippen molar-refractivity contribution in [3.8, 4) is 0 Å². The monoisotopic (exact) mass is 237 g/mol. The Morgan fingerprint density at radius 2 is 2.06 bits per heavy atom. The average Bonchev–Trinajstić information content (AvgIpc) is 2.36. The predicted octanol–water partition coefficient (Wildman–Crippen LogP) is -0.616. The first-order chi connectivity index (χ1) is 8.17. The topological polar surface area (TPSA) is 96.0 Å². The molecule has 0 radical (unpaired) electrons. The third-order valence-corrected chi connectivity index (χ3v) is 1.91. The quantitative estimate of drug-likeness (QED) is 0.634. The maximum Gasteiger partial charge on any atom is 0.272 e. The van der Waals surface area contributed by atoms with E-state index < -0.39 is 5.91 Å². The lowest BCUT2D eigenvalue weighted by Gasteiger charge is -2.05. The van der Waals surface area contributed by atoms with E-state index in [-0.39, 0.29) is 18.1 Å². The van der Waals surface area contributed by atoms with Crippen LogP contribution in [0.2, 0.25) is 0 Å². The number of anilines is 1. The Hall–Kier alpha value is -2.18. The number of likely N-dealkylation sites (N-methyl/N-ethyl adjacent to an activating group) is 1. The lowest BCUT2D eigenvalue weighted by molar-refractivity contribution is -0.120. The van der Waals surface area contributed by atoms with Crippen LogP contribution in [0.15, 0.2) is 12.4 Å². The minimum atomic E-state index is -0.430. The molecule has 0 unspecified atom stereocenters. The summed E-state index contributed by atoms with van der Waals surface area (Å²) in [6, 6.07) is 0. The zero-order valence-electron chi connectivity index (χ0n) is 9.78. The Labute approximate surface area is 99.0 Å². The van der Waals surface area contributed by atoms with Crippen LogP contribution in [-0.2, 0) is 4.79 Å². The largest absolute Gasteiger partial charge is 0.372 e. The van der Waals surface area contributed by atoms with Gasteiger partial charge >= 0.3 is 0 Å². The molecule has 0 spiro atoms. The Balaban J connectivity index is 2.54. The van der Waals surface area contributed by atoms with Crippen LogP contribution >= 0.6 is 0 Å². The van der Waals surface area contributed by atoms with Crippen molar-refractivity contribution >= 4 is 17.6 Å². The summed E-state index contributed by atoms with van der Waals surface area (Å²) >= 11 is 0. The number of carbonyl (C=O) groups is 2. The highest BCUT2D eigenvalue weighted by Gasteiger charge is 2.09. The number of hydrogen-bond donors (Lipinski definition) is 3. The van der Waals surface area contributed by atoms with Gasteiger partial charge in [-0.1, -0.05) is 0 Å². The van der Waals surface area contributed by atoms with Gasteiger partial charge in [0.2, 0.25) is 5.91 Å². The normalized spacial score (nSPS) is 9.53. The molecule has 1 heterocycles. The molecule has 0 aliphatic heterocycles. The zero-order valence-corrected chi connectivity index (χ0v) is 9.78.